The Labute approximate surface area is 216 Å². The van der Waals surface area contributed by atoms with Crippen molar-refractivity contribution in [3.63, 3.8) is 0 Å². The van der Waals surface area contributed by atoms with E-state index in [9.17, 15) is 20.0 Å². The van der Waals surface area contributed by atoms with Gasteiger partial charge in [0.2, 0.25) is 0 Å². The van der Waals surface area contributed by atoms with E-state index in [0.29, 0.717) is 5.56 Å². The molecule has 0 aliphatic rings. The summed E-state index contributed by atoms with van der Waals surface area (Å²) < 4.78 is 10.5. The van der Waals surface area contributed by atoms with Crippen LogP contribution >= 0.6 is 0 Å². The van der Waals surface area contributed by atoms with Crippen molar-refractivity contribution in [3.05, 3.63) is 81.9 Å². The highest BCUT2D eigenvalue weighted by atomic mass is 16.6. The fourth-order valence-electron chi connectivity index (χ4n) is 4.10. The van der Waals surface area contributed by atoms with Crippen LogP contribution in [0.1, 0.15) is 31.9 Å². The molecule has 3 aromatic carbocycles. The van der Waals surface area contributed by atoms with Gasteiger partial charge in [-0.2, -0.15) is 0 Å². The average molecular weight is 510 g/mol. The lowest BCUT2D eigenvalue weighted by molar-refractivity contribution is -0.386. The van der Waals surface area contributed by atoms with E-state index in [0.717, 1.165) is 6.42 Å². The van der Waals surface area contributed by atoms with Crippen LogP contribution in [0.2, 0.25) is 0 Å². The number of benzene rings is 3. The number of hydrogen-bond acceptors (Lipinski definition) is 8. The molecule has 198 valence electrons. The zero-order chi connectivity index (χ0) is 27.0. The molecule has 0 aliphatic heterocycles. The van der Waals surface area contributed by atoms with E-state index in [1.54, 1.807) is 13.0 Å². The second-order valence-electron chi connectivity index (χ2n) is 9.71. The van der Waals surface area contributed by atoms with Gasteiger partial charge < -0.3 is 25.6 Å². The zero-order valence-electron chi connectivity index (χ0n) is 21.5. The molecule has 4 N–H and O–H groups in total. The van der Waals surface area contributed by atoms with Crippen LogP contribution in [0.15, 0.2) is 60.7 Å². The summed E-state index contributed by atoms with van der Waals surface area (Å²) in [5, 5.41) is 27.8. The number of rotatable bonds is 13. The molecular weight excluding hydrogens is 474 g/mol. The van der Waals surface area contributed by atoms with Crippen molar-refractivity contribution in [1.82, 2.24) is 5.32 Å². The standard InChI is InChI=1S/C28H35N3O6/c1-4-36-27(33)24(29)14-19-10-12-26(25(15-19)31(34)35)37-18-23(32)17-30-28(2,3)16-20-9-11-21-7-5-6-8-22(21)13-20/h5-13,15,23-24,30,32H,4,14,16-18,29H2,1-3H3/t23-,24-/m0/s1. The first-order valence-corrected chi connectivity index (χ1v) is 12.3. The molecule has 0 amide bonds. The van der Waals surface area contributed by atoms with Crippen molar-refractivity contribution in [2.24, 2.45) is 5.73 Å². The molecule has 0 bridgehead atoms. The smallest absolute Gasteiger partial charge is 0.323 e. The summed E-state index contributed by atoms with van der Waals surface area (Å²) in [4.78, 5) is 22.8. The number of aliphatic hydroxyl groups is 1. The van der Waals surface area contributed by atoms with Gasteiger partial charge in [-0.25, -0.2) is 0 Å². The summed E-state index contributed by atoms with van der Waals surface area (Å²) in [6, 6.07) is 18.0. The van der Waals surface area contributed by atoms with E-state index in [-0.39, 0.29) is 43.2 Å². The Balaban J connectivity index is 1.54. The molecule has 0 aliphatic carbocycles. The number of β-amino-alcohol motifs (C(OH)–C–C–N with tert-alkyl or cyclic N) is 1. The molecule has 0 saturated carbocycles. The highest BCUT2D eigenvalue weighted by molar-refractivity contribution is 5.83. The molecule has 3 rings (SSSR count). The van der Waals surface area contributed by atoms with Crippen LogP contribution in [0.25, 0.3) is 10.8 Å². The van der Waals surface area contributed by atoms with E-state index in [2.05, 4.69) is 49.5 Å². The van der Waals surface area contributed by atoms with Crippen LogP contribution in [0.4, 0.5) is 5.69 Å². The van der Waals surface area contributed by atoms with Crippen molar-refractivity contribution in [3.8, 4) is 5.75 Å². The molecule has 9 heteroatoms. The molecule has 0 unspecified atom stereocenters. The van der Waals surface area contributed by atoms with Gasteiger partial charge in [0.05, 0.1) is 11.5 Å². The number of ether oxygens (including phenoxy) is 2. The number of aliphatic hydroxyl groups excluding tert-OH is 1. The van der Waals surface area contributed by atoms with Crippen LogP contribution in [0.3, 0.4) is 0 Å². The quantitative estimate of drug-likeness (QED) is 0.181. The Morgan fingerprint density at radius 2 is 1.81 bits per heavy atom. The summed E-state index contributed by atoms with van der Waals surface area (Å²) in [7, 11) is 0. The van der Waals surface area contributed by atoms with E-state index in [4.69, 9.17) is 15.2 Å². The molecule has 9 nitrogen and oxygen atoms in total. The predicted molar refractivity (Wildman–Crippen MR) is 143 cm³/mol. The minimum atomic E-state index is -0.919. The second kappa shape index (κ2) is 12.6. The molecule has 0 spiro atoms. The van der Waals surface area contributed by atoms with Gasteiger partial charge in [-0.3, -0.25) is 14.9 Å². The monoisotopic (exact) mass is 509 g/mol. The number of nitrogens with zero attached hydrogens (tertiary/aromatic N) is 1. The number of nitrogens with two attached hydrogens (primary N) is 1. The number of carbonyl (C=O) groups is 1. The Morgan fingerprint density at radius 3 is 2.51 bits per heavy atom. The third-order valence-electron chi connectivity index (χ3n) is 5.97. The van der Waals surface area contributed by atoms with Crippen LogP contribution in [-0.2, 0) is 22.4 Å². The lowest BCUT2D eigenvalue weighted by atomic mass is 9.93. The van der Waals surface area contributed by atoms with Crippen LogP contribution in [0, 0.1) is 10.1 Å². The van der Waals surface area contributed by atoms with Crippen molar-refractivity contribution in [2.75, 3.05) is 19.8 Å². The Hall–Kier alpha value is -3.53. The van der Waals surface area contributed by atoms with Crippen LogP contribution in [0.5, 0.6) is 5.75 Å². The molecule has 0 radical (unpaired) electrons. The third-order valence-corrected chi connectivity index (χ3v) is 5.97. The van der Waals surface area contributed by atoms with Gasteiger partial charge in [0, 0.05) is 18.2 Å². The number of hydrogen-bond donors (Lipinski definition) is 3. The second-order valence-corrected chi connectivity index (χ2v) is 9.71. The van der Waals surface area contributed by atoms with Gasteiger partial charge in [-0.1, -0.05) is 48.5 Å². The van der Waals surface area contributed by atoms with E-state index in [1.165, 1.54) is 28.5 Å². The number of fused-ring (bicyclic) bond motifs is 1. The minimum absolute atomic E-state index is 0.0351. The highest BCUT2D eigenvalue weighted by Crippen LogP contribution is 2.28. The summed E-state index contributed by atoms with van der Waals surface area (Å²) in [6.45, 7) is 6.12. The van der Waals surface area contributed by atoms with Crippen molar-refractivity contribution in [1.29, 1.82) is 0 Å². The average Bonchev–Trinajstić information content (AvgIpc) is 2.86. The van der Waals surface area contributed by atoms with E-state index < -0.39 is 23.0 Å². The van der Waals surface area contributed by atoms with Crippen molar-refractivity contribution >= 4 is 22.4 Å². The first-order valence-electron chi connectivity index (χ1n) is 12.3. The van der Waals surface area contributed by atoms with Crippen molar-refractivity contribution < 1.29 is 24.3 Å². The molecule has 0 heterocycles. The lowest BCUT2D eigenvalue weighted by Crippen LogP contribution is -2.46. The number of esters is 1. The summed E-state index contributed by atoms with van der Waals surface area (Å²) in [5.74, 6) is -0.530. The number of carbonyl (C=O) groups excluding carboxylic acids is 1. The van der Waals surface area contributed by atoms with Gasteiger partial charge in [0.15, 0.2) is 5.75 Å². The van der Waals surface area contributed by atoms with E-state index >= 15 is 0 Å². The molecule has 0 aromatic heterocycles. The van der Waals surface area contributed by atoms with Gasteiger partial charge in [-0.15, -0.1) is 0 Å². The van der Waals surface area contributed by atoms with Gasteiger partial charge >= 0.3 is 11.7 Å². The number of nitro groups is 1. The molecule has 2 atom stereocenters. The lowest BCUT2D eigenvalue weighted by Gasteiger charge is -2.28. The fourth-order valence-corrected chi connectivity index (χ4v) is 4.10. The number of nitro benzene ring substituents is 1. The van der Waals surface area contributed by atoms with Crippen LogP contribution in [-0.4, -0.2) is 53.4 Å². The van der Waals surface area contributed by atoms with Gasteiger partial charge in [0.1, 0.15) is 18.8 Å². The maximum absolute atomic E-state index is 11.8. The first kappa shape index (κ1) is 28.0. The SMILES string of the molecule is CCOC(=O)[C@@H](N)Cc1ccc(OC[C@@H](O)CNC(C)(C)Cc2ccc3ccccc3c2)c([N+](=O)[O-])c1. The maximum Gasteiger partial charge on any atom is 0.323 e. The molecule has 0 fully saturated rings. The van der Waals surface area contributed by atoms with Gasteiger partial charge in [0.25, 0.3) is 0 Å². The first-order chi connectivity index (χ1) is 17.6. The Morgan fingerprint density at radius 1 is 1.11 bits per heavy atom. The Bertz CT molecular complexity index is 1230. The topological polar surface area (TPSA) is 137 Å². The third kappa shape index (κ3) is 8.24. The fraction of sp³-hybridized carbons (Fsp3) is 0.393. The van der Waals surface area contributed by atoms with Crippen molar-refractivity contribution in [2.45, 2.75) is 51.3 Å². The normalized spacial score (nSPS) is 13.2. The molecule has 3 aromatic rings. The zero-order valence-corrected chi connectivity index (χ0v) is 21.5. The largest absolute Gasteiger partial charge is 0.484 e. The summed E-state index contributed by atoms with van der Waals surface area (Å²) in [6.07, 6.45) is -0.0298. The summed E-state index contributed by atoms with van der Waals surface area (Å²) in [5.41, 5.74) is 6.96. The maximum atomic E-state index is 11.8. The van der Waals surface area contributed by atoms with Crippen LogP contribution < -0.4 is 15.8 Å². The minimum Gasteiger partial charge on any atom is -0.484 e. The highest BCUT2D eigenvalue weighted by Gasteiger charge is 2.22. The summed E-state index contributed by atoms with van der Waals surface area (Å²) >= 11 is 0. The Kier molecular flexibility index (Phi) is 9.57. The van der Waals surface area contributed by atoms with Gasteiger partial charge in [-0.05, 0) is 61.6 Å². The molecular formula is C28H35N3O6. The predicted octanol–water partition coefficient (Wildman–Crippen LogP) is 3.53. The van der Waals surface area contributed by atoms with E-state index in [1.807, 2.05) is 12.1 Å². The molecule has 0 saturated heterocycles. The number of nitrogens with one attached hydrogen (secondary N) is 1. The molecule has 37 heavy (non-hydrogen) atoms.